The van der Waals surface area contributed by atoms with Crippen LogP contribution in [-0.4, -0.2) is 16.2 Å². The fourth-order valence-electron chi connectivity index (χ4n) is 1.81. The molecule has 0 fully saturated rings. The summed E-state index contributed by atoms with van der Waals surface area (Å²) < 4.78 is 8.85. The van der Waals surface area contributed by atoms with E-state index in [9.17, 15) is 4.79 Å². The average molecular weight is 282 g/mol. The van der Waals surface area contributed by atoms with Crippen molar-refractivity contribution in [3.8, 4) is 16.3 Å². The van der Waals surface area contributed by atoms with Crippen molar-refractivity contribution in [1.29, 1.82) is 0 Å². The van der Waals surface area contributed by atoms with Gasteiger partial charge in [0.2, 0.25) is 0 Å². The first-order valence-electron chi connectivity index (χ1n) is 5.37. The average Bonchev–Trinajstić information content (AvgIpc) is 2.72. The Hall–Kier alpha value is -1.40. The summed E-state index contributed by atoms with van der Waals surface area (Å²) in [6, 6.07) is 1.84. The van der Waals surface area contributed by atoms with Crippen LogP contribution < -0.4 is 10.4 Å². The summed E-state index contributed by atoms with van der Waals surface area (Å²) in [5, 5.41) is 1.94. The fourth-order valence-corrected chi connectivity index (χ4v) is 3.09. The molecule has 2 aromatic heterocycles. The van der Waals surface area contributed by atoms with Crippen molar-refractivity contribution in [3.63, 3.8) is 0 Å². The Morgan fingerprint density at radius 3 is 2.56 bits per heavy atom. The van der Waals surface area contributed by atoms with E-state index in [4.69, 9.17) is 17.0 Å². The van der Waals surface area contributed by atoms with E-state index in [1.807, 2.05) is 18.4 Å². The number of thiophene rings is 1. The maximum atomic E-state index is 12.0. The van der Waals surface area contributed by atoms with E-state index < -0.39 is 0 Å². The van der Waals surface area contributed by atoms with Gasteiger partial charge in [-0.3, -0.25) is 9.13 Å². The van der Waals surface area contributed by atoms with Gasteiger partial charge >= 0.3 is 5.69 Å². The maximum absolute atomic E-state index is 12.0. The second-order valence-electron chi connectivity index (χ2n) is 4.03. The zero-order valence-electron chi connectivity index (χ0n) is 10.7. The molecule has 0 spiro atoms. The second-order valence-corrected chi connectivity index (χ2v) is 5.32. The second kappa shape index (κ2) is 4.70. The Bertz CT molecular complexity index is 710. The predicted molar refractivity (Wildman–Crippen MR) is 76.1 cm³/mol. The van der Waals surface area contributed by atoms with Crippen LogP contribution in [0.5, 0.6) is 5.75 Å². The minimum Gasteiger partial charge on any atom is -0.496 e. The van der Waals surface area contributed by atoms with Crippen molar-refractivity contribution < 1.29 is 4.74 Å². The van der Waals surface area contributed by atoms with Gasteiger partial charge in [-0.1, -0.05) is 12.2 Å². The minimum absolute atomic E-state index is 0.121. The molecule has 0 saturated carbocycles. The highest BCUT2D eigenvalue weighted by Crippen LogP contribution is 2.35. The summed E-state index contributed by atoms with van der Waals surface area (Å²) >= 11 is 6.74. The topological polar surface area (TPSA) is 36.2 Å². The third-order valence-electron chi connectivity index (χ3n) is 2.97. The zero-order valence-corrected chi connectivity index (χ0v) is 12.3. The summed E-state index contributed by atoms with van der Waals surface area (Å²) in [7, 11) is 5.07. The van der Waals surface area contributed by atoms with Crippen LogP contribution in [0, 0.1) is 11.6 Å². The molecule has 6 heteroatoms. The molecule has 0 unspecified atom stereocenters. The molecule has 0 aliphatic heterocycles. The van der Waals surface area contributed by atoms with E-state index in [0.29, 0.717) is 4.64 Å². The monoisotopic (exact) mass is 282 g/mol. The maximum Gasteiger partial charge on any atom is 0.329 e. The first-order valence-corrected chi connectivity index (χ1v) is 6.65. The van der Waals surface area contributed by atoms with Crippen LogP contribution in [-0.2, 0) is 14.1 Å². The van der Waals surface area contributed by atoms with Crippen molar-refractivity contribution in [3.05, 3.63) is 32.1 Å². The Balaban J connectivity index is 2.76. The number of hydrogen-bond donors (Lipinski definition) is 0. The highest BCUT2D eigenvalue weighted by molar-refractivity contribution is 7.71. The van der Waals surface area contributed by atoms with Crippen molar-refractivity contribution in [2.75, 3.05) is 7.11 Å². The smallest absolute Gasteiger partial charge is 0.329 e. The van der Waals surface area contributed by atoms with Crippen LogP contribution in [0.25, 0.3) is 10.6 Å². The van der Waals surface area contributed by atoms with Crippen LogP contribution in [0.15, 0.2) is 16.2 Å². The van der Waals surface area contributed by atoms with Crippen molar-refractivity contribution in [1.82, 2.24) is 9.13 Å². The molecule has 0 aromatic carbocycles. The Kier molecular flexibility index (Phi) is 3.41. The molecule has 0 aliphatic rings. The Labute approximate surface area is 114 Å². The lowest BCUT2D eigenvalue weighted by Gasteiger charge is -2.10. The minimum atomic E-state index is -0.121. The van der Waals surface area contributed by atoms with E-state index in [-0.39, 0.29) is 5.69 Å². The Morgan fingerprint density at radius 2 is 2.00 bits per heavy atom. The van der Waals surface area contributed by atoms with Crippen LogP contribution in [0.2, 0.25) is 0 Å². The molecule has 0 atom stereocenters. The van der Waals surface area contributed by atoms with E-state index in [0.717, 1.165) is 21.9 Å². The lowest BCUT2D eigenvalue weighted by atomic mass is 10.2. The number of aromatic nitrogens is 2. The molecule has 2 aromatic rings. The Morgan fingerprint density at radius 1 is 1.33 bits per heavy atom. The summed E-state index contributed by atoms with van der Waals surface area (Å²) in [4.78, 5) is 13.0. The van der Waals surface area contributed by atoms with Gasteiger partial charge in [0.25, 0.3) is 0 Å². The number of ether oxygens (including phenoxy) is 1. The molecule has 96 valence electrons. The fraction of sp³-hybridized carbons (Fsp3) is 0.333. The van der Waals surface area contributed by atoms with E-state index in [1.165, 1.54) is 4.57 Å². The van der Waals surface area contributed by atoms with Crippen molar-refractivity contribution in [2.45, 2.75) is 6.92 Å². The third kappa shape index (κ3) is 1.91. The zero-order chi connectivity index (χ0) is 13.4. The molecule has 0 aliphatic carbocycles. The molecule has 2 rings (SSSR count). The van der Waals surface area contributed by atoms with Crippen LogP contribution in [0.1, 0.15) is 5.56 Å². The first kappa shape index (κ1) is 13.0. The summed E-state index contributed by atoms with van der Waals surface area (Å²) in [6.07, 6.45) is 0. The predicted octanol–water partition coefficient (Wildman–Crippen LogP) is 2.50. The summed E-state index contributed by atoms with van der Waals surface area (Å²) in [5.74, 6) is 0.835. The normalized spacial score (nSPS) is 10.7. The van der Waals surface area contributed by atoms with Gasteiger partial charge < -0.3 is 4.74 Å². The van der Waals surface area contributed by atoms with Gasteiger partial charge in [0.15, 0.2) is 0 Å². The van der Waals surface area contributed by atoms with Gasteiger partial charge in [-0.2, -0.15) is 0 Å². The molecule has 0 saturated heterocycles. The molecular weight excluding hydrogens is 268 g/mol. The van der Waals surface area contributed by atoms with E-state index in [1.54, 1.807) is 37.1 Å². The summed E-state index contributed by atoms with van der Waals surface area (Å²) in [6.45, 7) is 1.98. The summed E-state index contributed by atoms with van der Waals surface area (Å²) in [5.41, 5.74) is 1.74. The standard InChI is InChI=1S/C12H14N2O2S2/c1-7-9(16-4)6-18-11(7)8-5-10(17)14(3)12(15)13(8)2/h5-6H,1-4H3. The van der Waals surface area contributed by atoms with Crippen LogP contribution in [0.4, 0.5) is 0 Å². The number of hydrogen-bond acceptors (Lipinski definition) is 4. The molecule has 0 amide bonds. The lowest BCUT2D eigenvalue weighted by Crippen LogP contribution is -2.28. The van der Waals surface area contributed by atoms with Gasteiger partial charge in [-0.15, -0.1) is 11.3 Å². The van der Waals surface area contributed by atoms with Gasteiger partial charge in [-0.05, 0) is 13.0 Å². The first-order chi connectivity index (χ1) is 8.47. The van der Waals surface area contributed by atoms with Crippen molar-refractivity contribution >= 4 is 23.6 Å². The SMILES string of the molecule is COc1csc(-c2cc(=S)n(C)c(=O)n2C)c1C. The van der Waals surface area contributed by atoms with Crippen molar-refractivity contribution in [2.24, 2.45) is 14.1 Å². The largest absolute Gasteiger partial charge is 0.496 e. The highest BCUT2D eigenvalue weighted by atomic mass is 32.1. The molecule has 2 heterocycles. The number of methoxy groups -OCH3 is 1. The third-order valence-corrected chi connectivity index (χ3v) is 4.45. The van der Waals surface area contributed by atoms with Gasteiger partial charge in [0.05, 0.1) is 17.7 Å². The molecule has 0 N–H and O–H groups in total. The molecule has 0 radical (unpaired) electrons. The van der Waals surface area contributed by atoms with Gasteiger partial charge in [0.1, 0.15) is 10.4 Å². The van der Waals surface area contributed by atoms with Gasteiger partial charge in [0, 0.05) is 25.0 Å². The quantitative estimate of drug-likeness (QED) is 0.794. The van der Waals surface area contributed by atoms with Crippen LogP contribution in [0.3, 0.4) is 0 Å². The highest BCUT2D eigenvalue weighted by Gasteiger charge is 2.13. The van der Waals surface area contributed by atoms with E-state index >= 15 is 0 Å². The number of rotatable bonds is 2. The van der Waals surface area contributed by atoms with E-state index in [2.05, 4.69) is 0 Å². The lowest BCUT2D eigenvalue weighted by molar-refractivity contribution is 0.414. The molecule has 18 heavy (non-hydrogen) atoms. The van der Waals surface area contributed by atoms with Crippen LogP contribution >= 0.6 is 23.6 Å². The molecule has 0 bridgehead atoms. The molecule has 4 nitrogen and oxygen atoms in total. The molecular formula is C12H14N2O2S2. The van der Waals surface area contributed by atoms with Gasteiger partial charge in [-0.25, -0.2) is 4.79 Å². The number of nitrogens with zero attached hydrogens (tertiary/aromatic N) is 2.